The van der Waals surface area contributed by atoms with Crippen molar-refractivity contribution >= 4 is 15.9 Å². The van der Waals surface area contributed by atoms with Gasteiger partial charge < -0.3 is 18.7 Å². The Morgan fingerprint density at radius 2 is 1.60 bits per heavy atom. The van der Waals surface area contributed by atoms with Crippen LogP contribution in [0.25, 0.3) is 0 Å². The van der Waals surface area contributed by atoms with Gasteiger partial charge in [0.05, 0.1) is 0 Å². The van der Waals surface area contributed by atoms with Crippen LogP contribution in [0.3, 0.4) is 0 Å². The molecular weight excluding hydrogens is 289 g/mol. The molecule has 0 aromatic carbocycles. The van der Waals surface area contributed by atoms with Crippen LogP contribution < -0.4 is 0 Å². The maximum atomic E-state index is 4.10. The topological polar surface area (TPSA) is 3.24 Å². The summed E-state index contributed by atoms with van der Waals surface area (Å²) in [5, 5.41) is 0.812. The fourth-order valence-corrected chi connectivity index (χ4v) is 1.93. The molecule has 0 aliphatic heterocycles. The zero-order valence-electron chi connectivity index (χ0n) is 10.1. The minimum Gasteiger partial charge on any atom is -0.340 e. The Morgan fingerprint density at radius 3 is 1.93 bits per heavy atom. The van der Waals surface area contributed by atoms with Crippen LogP contribution >= 0.6 is 15.9 Å². The van der Waals surface area contributed by atoms with Crippen LogP contribution in [-0.4, -0.2) is 30.9 Å². The molecule has 1 radical (unpaired) electrons. The maximum absolute atomic E-state index is 4.10. The Kier molecular flexibility index (Phi) is 14.1. The second-order valence-electron chi connectivity index (χ2n) is 4.34. The van der Waals surface area contributed by atoms with Crippen LogP contribution in [0.15, 0.2) is 0 Å². The van der Waals surface area contributed by atoms with Gasteiger partial charge in [0.1, 0.15) is 0 Å². The first-order valence-corrected chi connectivity index (χ1v) is 6.55. The van der Waals surface area contributed by atoms with Crippen LogP contribution in [0, 0.1) is 25.7 Å². The number of rotatable bonds is 2. The monoisotopic (exact) mass is 312 g/mol. The minimum absolute atomic E-state index is 0. The molecule has 0 saturated heterocycles. The molecule has 0 spiro atoms. The Morgan fingerprint density at radius 1 is 1.20 bits per heavy atom. The molecule has 89 valence electrons. The first-order valence-electron chi connectivity index (χ1n) is 5.43. The summed E-state index contributed by atoms with van der Waals surface area (Å²) in [6.07, 6.45) is 5.48. The molecule has 0 heterocycles. The van der Waals surface area contributed by atoms with Crippen LogP contribution in [0.5, 0.6) is 0 Å². The molecule has 1 rings (SSSR count). The van der Waals surface area contributed by atoms with Gasteiger partial charge in [-0.1, -0.05) is 25.7 Å². The van der Waals surface area contributed by atoms with Crippen molar-refractivity contribution in [2.75, 3.05) is 26.0 Å². The molecule has 0 bridgehead atoms. The van der Waals surface area contributed by atoms with Crippen LogP contribution in [0.4, 0.5) is 0 Å². The Balaban J connectivity index is 0. The summed E-state index contributed by atoms with van der Waals surface area (Å²) >= 11 is 3.03. The van der Waals surface area contributed by atoms with Crippen molar-refractivity contribution in [3.63, 3.8) is 0 Å². The summed E-state index contributed by atoms with van der Waals surface area (Å²) in [5.41, 5.74) is 0. The normalized spacial score (nSPS) is 25.2. The first kappa shape index (κ1) is 18.4. The summed E-state index contributed by atoms with van der Waals surface area (Å²) < 4.78 is 0. The Hall–Kier alpha value is 1.02. The largest absolute Gasteiger partial charge is 2.00 e. The number of hydrogen-bond donors (Lipinski definition) is 0. The van der Waals surface area contributed by atoms with Crippen LogP contribution in [0.1, 0.15) is 25.7 Å². The number of nitrogens with zero attached hydrogens (tertiary/aromatic N) is 1. The standard InChI is InChI=1S/C10H20N.C2H4Br.V/c1-9-4-6-10(7-5-9)8-11(2)3;1-2-3;/h9-10H,1,4-8H2,2-3H3;1-2H2;/q2*-1;+2. The maximum Gasteiger partial charge on any atom is 2.00 e. The van der Waals surface area contributed by atoms with Crippen molar-refractivity contribution < 1.29 is 18.6 Å². The number of alkyl halides is 1. The van der Waals surface area contributed by atoms with E-state index in [1.54, 1.807) is 0 Å². The SMILES string of the molecule is [CH2-]C1CCC(CN(C)C)CC1.[CH2-]CBr.[V+2]. The second kappa shape index (κ2) is 11.5. The van der Waals surface area contributed by atoms with Crippen molar-refractivity contribution in [2.45, 2.75) is 25.7 Å². The van der Waals surface area contributed by atoms with Crippen molar-refractivity contribution in [1.82, 2.24) is 4.90 Å². The zero-order chi connectivity index (χ0) is 11.0. The van der Waals surface area contributed by atoms with Gasteiger partial charge in [-0.2, -0.15) is 5.92 Å². The number of hydrogen-bond acceptors (Lipinski definition) is 1. The number of halogens is 1. The fraction of sp³-hybridized carbons (Fsp3) is 0.833. The van der Waals surface area contributed by atoms with E-state index >= 15 is 0 Å². The van der Waals surface area contributed by atoms with Gasteiger partial charge in [-0.25, -0.2) is 0 Å². The quantitative estimate of drug-likeness (QED) is 0.558. The van der Waals surface area contributed by atoms with Gasteiger partial charge in [-0.05, 0) is 20.0 Å². The van der Waals surface area contributed by atoms with E-state index in [0.29, 0.717) is 0 Å². The predicted molar refractivity (Wildman–Crippen MR) is 68.5 cm³/mol. The van der Waals surface area contributed by atoms with Crippen LogP contribution in [0.2, 0.25) is 0 Å². The predicted octanol–water partition coefficient (Wildman–Crippen LogP) is 3.40. The molecule has 0 amide bonds. The molecule has 0 atom stereocenters. The molecule has 1 aliphatic rings. The summed E-state index contributed by atoms with van der Waals surface area (Å²) in [6, 6.07) is 0. The molecular formula is C12H24BrNV. The molecule has 1 saturated carbocycles. The minimum atomic E-state index is 0. The molecule has 0 aromatic heterocycles. The molecule has 0 N–H and O–H groups in total. The van der Waals surface area contributed by atoms with Crippen molar-refractivity contribution in [2.24, 2.45) is 11.8 Å². The van der Waals surface area contributed by atoms with Crippen molar-refractivity contribution in [3.05, 3.63) is 13.8 Å². The third-order valence-corrected chi connectivity index (χ3v) is 2.59. The smallest absolute Gasteiger partial charge is 0.340 e. The van der Waals surface area contributed by atoms with Crippen molar-refractivity contribution in [1.29, 1.82) is 0 Å². The van der Waals surface area contributed by atoms with Gasteiger partial charge in [-0.15, -0.1) is 21.3 Å². The Bertz CT molecular complexity index is 123. The van der Waals surface area contributed by atoms with E-state index in [-0.39, 0.29) is 18.6 Å². The van der Waals surface area contributed by atoms with Gasteiger partial charge >= 0.3 is 18.6 Å². The molecule has 0 aromatic rings. The van der Waals surface area contributed by atoms with Crippen LogP contribution in [-0.2, 0) is 18.6 Å². The van der Waals surface area contributed by atoms with E-state index in [1.807, 2.05) is 0 Å². The van der Waals surface area contributed by atoms with E-state index in [0.717, 1.165) is 17.2 Å². The zero-order valence-corrected chi connectivity index (χ0v) is 13.1. The van der Waals surface area contributed by atoms with E-state index in [4.69, 9.17) is 0 Å². The molecule has 1 nitrogen and oxygen atoms in total. The summed E-state index contributed by atoms with van der Waals surface area (Å²) in [5.74, 6) is 1.69. The summed E-state index contributed by atoms with van der Waals surface area (Å²) in [7, 11) is 4.33. The van der Waals surface area contributed by atoms with Gasteiger partial charge in [0.15, 0.2) is 0 Å². The van der Waals surface area contributed by atoms with E-state index in [1.165, 1.54) is 32.2 Å². The van der Waals surface area contributed by atoms with Gasteiger partial charge in [0.25, 0.3) is 0 Å². The summed E-state index contributed by atoms with van der Waals surface area (Å²) in [4.78, 5) is 2.30. The second-order valence-corrected chi connectivity index (χ2v) is 5.13. The van der Waals surface area contributed by atoms with Gasteiger partial charge in [0.2, 0.25) is 0 Å². The van der Waals surface area contributed by atoms with E-state index in [9.17, 15) is 0 Å². The average Bonchev–Trinajstić information content (AvgIpc) is 2.09. The van der Waals surface area contributed by atoms with Gasteiger partial charge in [-0.3, -0.25) is 0 Å². The molecule has 0 unspecified atom stereocenters. The van der Waals surface area contributed by atoms with Gasteiger partial charge in [0, 0.05) is 6.54 Å². The molecule has 1 aliphatic carbocycles. The Labute approximate surface area is 116 Å². The first-order chi connectivity index (χ1) is 6.60. The third kappa shape index (κ3) is 11.3. The fourth-order valence-electron chi connectivity index (χ4n) is 1.93. The van der Waals surface area contributed by atoms with E-state index in [2.05, 4.69) is 48.8 Å². The average molecular weight is 313 g/mol. The molecule has 3 heteroatoms. The molecule has 15 heavy (non-hydrogen) atoms. The third-order valence-electron chi connectivity index (χ3n) is 2.59. The summed E-state index contributed by atoms with van der Waals surface area (Å²) in [6.45, 7) is 8.77. The molecule has 1 fully saturated rings. The van der Waals surface area contributed by atoms with E-state index < -0.39 is 0 Å². The van der Waals surface area contributed by atoms with Crippen molar-refractivity contribution in [3.8, 4) is 0 Å².